The number of fused-ring (bicyclic) bond motifs is 5. The summed E-state index contributed by atoms with van der Waals surface area (Å²) in [5, 5.41) is 0. The zero-order chi connectivity index (χ0) is 21.4. The molecule has 3 saturated carbocycles. The van der Waals surface area contributed by atoms with Crippen molar-refractivity contribution in [2.45, 2.75) is 97.5 Å². The van der Waals surface area contributed by atoms with Gasteiger partial charge in [0.1, 0.15) is 6.10 Å². The summed E-state index contributed by atoms with van der Waals surface area (Å²) in [4.78, 5) is 24.3. The fraction of sp³-hybridized carbons (Fsp3) is 0.846. The molecule has 0 N–H and O–H groups in total. The molecule has 0 aromatic heterocycles. The van der Waals surface area contributed by atoms with Gasteiger partial charge < -0.3 is 9.47 Å². The molecule has 7 atom stereocenters. The van der Waals surface area contributed by atoms with Crippen molar-refractivity contribution in [2.24, 2.45) is 34.5 Å². The van der Waals surface area contributed by atoms with E-state index >= 15 is 0 Å². The average Bonchev–Trinajstić information content (AvgIpc) is 3.04. The first-order chi connectivity index (χ1) is 14.4. The molecule has 0 saturated heterocycles. The third-order valence-electron chi connectivity index (χ3n) is 9.41. The fourth-order valence-electron chi connectivity index (χ4n) is 7.61. The summed E-state index contributed by atoms with van der Waals surface area (Å²) < 4.78 is 11.3. The number of rotatable bonds is 6. The smallest absolute Gasteiger partial charge is 0.434 e. The van der Waals surface area contributed by atoms with Gasteiger partial charge in [-0.2, -0.15) is 0 Å². The van der Waals surface area contributed by atoms with Gasteiger partial charge in [0.15, 0.2) is 5.78 Å². The highest BCUT2D eigenvalue weighted by molar-refractivity contribution is 5.91. The van der Waals surface area contributed by atoms with Gasteiger partial charge in [-0.15, -0.1) is 0 Å². The van der Waals surface area contributed by atoms with Crippen LogP contribution in [-0.2, 0) is 14.3 Å². The van der Waals surface area contributed by atoms with Crippen LogP contribution in [0, 0.1) is 34.5 Å². The van der Waals surface area contributed by atoms with Crippen molar-refractivity contribution in [3.8, 4) is 0 Å². The minimum Gasteiger partial charge on any atom is -0.434 e. The van der Waals surface area contributed by atoms with E-state index in [4.69, 9.17) is 9.47 Å². The van der Waals surface area contributed by atoms with Crippen LogP contribution in [0.4, 0.5) is 4.79 Å². The minimum atomic E-state index is -0.468. The van der Waals surface area contributed by atoms with E-state index < -0.39 is 6.16 Å². The van der Waals surface area contributed by atoms with Crippen LogP contribution in [0.25, 0.3) is 0 Å². The Bertz CT molecular complexity index is 685. The van der Waals surface area contributed by atoms with Gasteiger partial charge in [0.05, 0.1) is 6.61 Å². The summed E-state index contributed by atoms with van der Waals surface area (Å²) >= 11 is 0. The van der Waals surface area contributed by atoms with Crippen LogP contribution in [-0.4, -0.2) is 24.6 Å². The summed E-state index contributed by atoms with van der Waals surface area (Å²) in [5.74, 6) is 2.77. The van der Waals surface area contributed by atoms with E-state index in [1.807, 2.05) is 6.08 Å². The van der Waals surface area contributed by atoms with Gasteiger partial charge in [0.2, 0.25) is 0 Å². The first kappa shape index (κ1) is 21.9. The zero-order valence-corrected chi connectivity index (χ0v) is 19.2. The fourth-order valence-corrected chi connectivity index (χ4v) is 7.61. The summed E-state index contributed by atoms with van der Waals surface area (Å²) in [6.45, 7) is 7.41. The molecule has 3 fully saturated rings. The van der Waals surface area contributed by atoms with Crippen molar-refractivity contribution < 1.29 is 19.1 Å². The predicted octanol–water partition coefficient (Wildman–Crippen LogP) is 6.48. The molecule has 0 aromatic rings. The van der Waals surface area contributed by atoms with Gasteiger partial charge in [-0.3, -0.25) is 4.79 Å². The largest absolute Gasteiger partial charge is 0.508 e. The number of unbranched alkanes of at least 4 members (excludes halogenated alkanes) is 3. The van der Waals surface area contributed by atoms with Crippen LogP contribution in [0.5, 0.6) is 0 Å². The Hall–Kier alpha value is -1.32. The van der Waals surface area contributed by atoms with Crippen molar-refractivity contribution in [1.29, 1.82) is 0 Å². The van der Waals surface area contributed by atoms with E-state index in [0.29, 0.717) is 36.1 Å². The molecule has 0 aromatic carbocycles. The third-order valence-corrected chi connectivity index (χ3v) is 9.41. The second-order valence-electron chi connectivity index (χ2n) is 10.9. The van der Waals surface area contributed by atoms with E-state index in [2.05, 4.69) is 26.8 Å². The molecule has 0 amide bonds. The normalized spacial score (nSPS) is 42.2. The predicted molar refractivity (Wildman–Crippen MR) is 117 cm³/mol. The second kappa shape index (κ2) is 8.67. The lowest BCUT2D eigenvalue weighted by Crippen LogP contribution is -2.53. The second-order valence-corrected chi connectivity index (χ2v) is 10.9. The van der Waals surface area contributed by atoms with E-state index in [-0.39, 0.29) is 16.9 Å². The lowest BCUT2D eigenvalue weighted by Gasteiger charge is -2.58. The summed E-state index contributed by atoms with van der Waals surface area (Å²) in [7, 11) is 0. The molecule has 4 aliphatic carbocycles. The number of ketones is 1. The average molecular weight is 417 g/mol. The number of ether oxygens (including phenoxy) is 2. The Morgan fingerprint density at radius 2 is 1.90 bits per heavy atom. The molecule has 4 heteroatoms. The lowest BCUT2D eigenvalue weighted by atomic mass is 9.46. The molecule has 4 aliphatic rings. The standard InChI is InChI=1S/C26H40O4/c1-4-5-6-7-16-29-24(28)30-23-11-10-21-20-9-8-18-17-19(27)12-14-25(18,2)22(20)13-15-26(21,23)3/h12,14,18,20-23H,4-11,13,15-17H2,1-3H3/t18-,20-,21-,22-,23-,25-,26-/m0/s1. The monoisotopic (exact) mass is 416 g/mol. The minimum absolute atomic E-state index is 0.0133. The van der Waals surface area contributed by atoms with Crippen molar-refractivity contribution in [1.82, 2.24) is 0 Å². The molecule has 0 heterocycles. The van der Waals surface area contributed by atoms with Gasteiger partial charge in [-0.25, -0.2) is 4.79 Å². The lowest BCUT2D eigenvalue weighted by molar-refractivity contribution is -0.124. The van der Waals surface area contributed by atoms with Crippen molar-refractivity contribution in [3.63, 3.8) is 0 Å². The molecular formula is C26H40O4. The highest BCUT2D eigenvalue weighted by Gasteiger charge is 2.60. The van der Waals surface area contributed by atoms with Crippen LogP contribution in [0.1, 0.15) is 91.4 Å². The van der Waals surface area contributed by atoms with Crippen LogP contribution >= 0.6 is 0 Å². The molecule has 0 bridgehead atoms. The molecular weight excluding hydrogens is 376 g/mol. The first-order valence-electron chi connectivity index (χ1n) is 12.4. The van der Waals surface area contributed by atoms with E-state index in [1.54, 1.807) is 0 Å². The first-order valence-corrected chi connectivity index (χ1v) is 12.4. The number of hydrogen-bond donors (Lipinski definition) is 0. The highest BCUT2D eigenvalue weighted by atomic mass is 16.7. The Labute approximate surface area is 182 Å². The quantitative estimate of drug-likeness (QED) is 0.367. The summed E-state index contributed by atoms with van der Waals surface area (Å²) in [6.07, 6.45) is 15.5. The number of allylic oxidation sites excluding steroid dienone is 2. The molecule has 168 valence electrons. The Balaban J connectivity index is 1.39. The number of carbonyl (C=O) groups excluding carboxylic acids is 2. The summed E-state index contributed by atoms with van der Waals surface area (Å²) in [6, 6.07) is 0. The SMILES string of the molecule is CCCCCCOC(=O)O[C@H]1CC[C@H]2[C@@H]3CC[C@H]4CC(=O)C=C[C@]4(C)[C@H]3CC[C@]12C. The summed E-state index contributed by atoms with van der Waals surface area (Å²) in [5.41, 5.74) is 0.230. The highest BCUT2D eigenvalue weighted by Crippen LogP contribution is 2.65. The Morgan fingerprint density at radius 1 is 1.07 bits per heavy atom. The zero-order valence-electron chi connectivity index (χ0n) is 19.2. The van der Waals surface area contributed by atoms with Crippen molar-refractivity contribution >= 4 is 11.9 Å². The third kappa shape index (κ3) is 3.84. The van der Waals surface area contributed by atoms with Crippen LogP contribution < -0.4 is 0 Å². The maximum Gasteiger partial charge on any atom is 0.508 e. The van der Waals surface area contributed by atoms with E-state index in [1.165, 1.54) is 25.7 Å². The van der Waals surface area contributed by atoms with Crippen LogP contribution in [0.15, 0.2) is 12.2 Å². The number of carbonyl (C=O) groups is 2. The van der Waals surface area contributed by atoms with Gasteiger partial charge in [0.25, 0.3) is 0 Å². The van der Waals surface area contributed by atoms with Crippen molar-refractivity contribution in [3.05, 3.63) is 12.2 Å². The topological polar surface area (TPSA) is 52.6 Å². The molecule has 0 aliphatic heterocycles. The van der Waals surface area contributed by atoms with Gasteiger partial charge in [0, 0.05) is 11.8 Å². The van der Waals surface area contributed by atoms with Gasteiger partial charge in [-0.1, -0.05) is 46.1 Å². The Morgan fingerprint density at radius 3 is 2.70 bits per heavy atom. The molecule has 4 rings (SSSR count). The molecule has 0 radical (unpaired) electrons. The van der Waals surface area contributed by atoms with Crippen LogP contribution in [0.2, 0.25) is 0 Å². The van der Waals surface area contributed by atoms with E-state index in [9.17, 15) is 9.59 Å². The molecule has 4 nitrogen and oxygen atoms in total. The van der Waals surface area contributed by atoms with E-state index in [0.717, 1.165) is 44.9 Å². The molecule has 30 heavy (non-hydrogen) atoms. The van der Waals surface area contributed by atoms with Crippen molar-refractivity contribution in [2.75, 3.05) is 6.61 Å². The Kier molecular flexibility index (Phi) is 6.33. The molecule has 0 unspecified atom stereocenters. The molecule has 0 spiro atoms. The number of hydrogen-bond acceptors (Lipinski definition) is 4. The maximum absolute atomic E-state index is 12.3. The van der Waals surface area contributed by atoms with Gasteiger partial charge >= 0.3 is 6.16 Å². The van der Waals surface area contributed by atoms with Gasteiger partial charge in [-0.05, 0) is 80.1 Å². The maximum atomic E-state index is 12.3. The van der Waals surface area contributed by atoms with Crippen LogP contribution in [0.3, 0.4) is 0 Å².